The maximum atomic E-state index is 13.7. The average molecular weight is 501 g/mol. The third-order valence-electron chi connectivity index (χ3n) is 6.27. The van der Waals surface area contributed by atoms with Crippen molar-refractivity contribution in [3.8, 4) is 17.5 Å². The third kappa shape index (κ3) is 4.86. The predicted molar refractivity (Wildman–Crippen MR) is 130 cm³/mol. The Kier molecular flexibility index (Phi) is 6.09. The van der Waals surface area contributed by atoms with E-state index in [0.717, 1.165) is 29.6 Å². The van der Waals surface area contributed by atoms with Crippen molar-refractivity contribution < 1.29 is 18.3 Å². The van der Waals surface area contributed by atoms with Gasteiger partial charge < -0.3 is 10.1 Å². The number of carbonyl (C=O) groups excluding carboxylic acids is 1. The zero-order valence-electron chi connectivity index (χ0n) is 20.1. The van der Waals surface area contributed by atoms with Gasteiger partial charge in [-0.15, -0.1) is 0 Å². The number of hydrogen-bond donors (Lipinski definition) is 1. The molecule has 0 saturated carbocycles. The fraction of sp³-hybridized carbons (Fsp3) is 0.259. The number of rotatable bonds is 5. The molecule has 5 rings (SSSR count). The number of fused-ring (bicyclic) bond motifs is 2. The van der Waals surface area contributed by atoms with Crippen LogP contribution in [0.4, 0.5) is 8.78 Å². The third-order valence-corrected chi connectivity index (χ3v) is 6.27. The zero-order valence-corrected chi connectivity index (χ0v) is 20.1. The molecule has 4 aromatic rings. The number of nitriles is 1. The van der Waals surface area contributed by atoms with Crippen molar-refractivity contribution in [3.05, 3.63) is 83.1 Å². The van der Waals surface area contributed by atoms with Crippen LogP contribution in [0.15, 0.2) is 55.0 Å². The molecule has 1 atom stereocenters. The lowest BCUT2D eigenvalue weighted by molar-refractivity contribution is 0.0125. The van der Waals surface area contributed by atoms with E-state index in [0.29, 0.717) is 29.1 Å². The molecule has 186 valence electrons. The van der Waals surface area contributed by atoms with Gasteiger partial charge in [0.05, 0.1) is 55.1 Å². The number of alkyl halides is 2. The molecule has 0 saturated heterocycles. The summed E-state index contributed by atoms with van der Waals surface area (Å²) in [5, 5.41) is 13.2. The number of halogens is 2. The lowest BCUT2D eigenvalue weighted by Crippen LogP contribution is -2.33. The number of carbonyl (C=O) groups is 1. The van der Waals surface area contributed by atoms with Gasteiger partial charge in [-0.1, -0.05) is 6.07 Å². The second-order valence-electron chi connectivity index (χ2n) is 9.23. The summed E-state index contributed by atoms with van der Waals surface area (Å²) < 4.78 is 32.9. The standard InChI is InChI=1S/C27H22F2N6O2/c1-26(14-30)15-37-13-18-4-3-16(7-20(18)26)25(36)33-10-19-8-22-17(9-32-19)5-6-21(34-22)23-11-31-12-24(35-23)27(2,28)29/h3-9,11-12H,10,13,15H2,1-2H3,(H,33,36)/t26-/m1/s1. The molecule has 1 amide bonds. The van der Waals surface area contributed by atoms with Crippen molar-refractivity contribution >= 4 is 16.8 Å². The van der Waals surface area contributed by atoms with E-state index in [1.54, 1.807) is 43.5 Å². The smallest absolute Gasteiger partial charge is 0.288 e. The molecular weight excluding hydrogens is 478 g/mol. The van der Waals surface area contributed by atoms with Crippen LogP contribution in [0.2, 0.25) is 0 Å². The Bertz CT molecular complexity index is 1560. The molecule has 1 aliphatic heterocycles. The summed E-state index contributed by atoms with van der Waals surface area (Å²) in [4.78, 5) is 29.7. The predicted octanol–water partition coefficient (Wildman–Crippen LogP) is 4.44. The van der Waals surface area contributed by atoms with Crippen LogP contribution in [0, 0.1) is 11.3 Å². The summed E-state index contributed by atoms with van der Waals surface area (Å²) in [6.45, 7) is 3.38. The molecule has 37 heavy (non-hydrogen) atoms. The highest BCUT2D eigenvalue weighted by Gasteiger charge is 2.33. The quantitative estimate of drug-likeness (QED) is 0.431. The minimum atomic E-state index is -3.12. The SMILES string of the molecule is CC(F)(F)c1cncc(-c2ccc3cnc(CNC(=O)c4ccc5c(c4)[C@](C)(C#N)COC5)cc3n2)n1. The van der Waals surface area contributed by atoms with E-state index in [1.165, 1.54) is 6.20 Å². The van der Waals surface area contributed by atoms with Gasteiger partial charge in [0.15, 0.2) is 0 Å². The molecule has 0 aliphatic carbocycles. The molecule has 0 unspecified atom stereocenters. The average Bonchev–Trinajstić information content (AvgIpc) is 2.91. The molecule has 0 fully saturated rings. The number of ether oxygens (including phenoxy) is 1. The molecule has 8 nitrogen and oxygen atoms in total. The Hall–Kier alpha value is -4.36. The molecule has 1 N–H and O–H groups in total. The van der Waals surface area contributed by atoms with Gasteiger partial charge in [0.1, 0.15) is 16.8 Å². The van der Waals surface area contributed by atoms with Crippen molar-refractivity contribution in [3.63, 3.8) is 0 Å². The molecule has 10 heteroatoms. The minimum Gasteiger partial charge on any atom is -0.375 e. The topological polar surface area (TPSA) is 114 Å². The zero-order chi connectivity index (χ0) is 26.2. The van der Waals surface area contributed by atoms with Gasteiger partial charge in [-0.3, -0.25) is 14.8 Å². The fourth-order valence-electron chi connectivity index (χ4n) is 4.16. The highest BCUT2D eigenvalue weighted by Crippen LogP contribution is 2.32. The number of amides is 1. The van der Waals surface area contributed by atoms with E-state index >= 15 is 0 Å². The lowest BCUT2D eigenvalue weighted by Gasteiger charge is -2.30. The Morgan fingerprint density at radius 2 is 2.00 bits per heavy atom. The lowest BCUT2D eigenvalue weighted by atomic mass is 9.79. The number of hydrogen-bond acceptors (Lipinski definition) is 7. The van der Waals surface area contributed by atoms with Gasteiger partial charge in [-0.2, -0.15) is 14.0 Å². The molecule has 0 radical (unpaired) electrons. The monoisotopic (exact) mass is 500 g/mol. The van der Waals surface area contributed by atoms with Crippen LogP contribution < -0.4 is 5.32 Å². The van der Waals surface area contributed by atoms with E-state index in [-0.39, 0.29) is 24.8 Å². The number of benzene rings is 1. The highest BCUT2D eigenvalue weighted by molar-refractivity contribution is 5.94. The molecule has 1 aromatic carbocycles. The van der Waals surface area contributed by atoms with Crippen molar-refractivity contribution in [2.45, 2.75) is 38.3 Å². The normalized spacial score (nSPS) is 17.2. The van der Waals surface area contributed by atoms with Crippen molar-refractivity contribution in [1.29, 1.82) is 5.26 Å². The van der Waals surface area contributed by atoms with Crippen LogP contribution in [0.1, 0.15) is 46.7 Å². The van der Waals surface area contributed by atoms with Gasteiger partial charge >= 0.3 is 0 Å². The number of aromatic nitrogens is 4. The van der Waals surface area contributed by atoms with Crippen LogP contribution in [0.25, 0.3) is 22.3 Å². The first-order chi connectivity index (χ1) is 17.7. The molecular formula is C27H22F2N6O2. The molecule has 4 heterocycles. The number of pyridine rings is 2. The first-order valence-corrected chi connectivity index (χ1v) is 11.5. The second kappa shape index (κ2) is 9.26. The maximum Gasteiger partial charge on any atom is 0.288 e. The van der Waals surface area contributed by atoms with Crippen LogP contribution in [0.3, 0.4) is 0 Å². The molecule has 3 aromatic heterocycles. The largest absolute Gasteiger partial charge is 0.375 e. The van der Waals surface area contributed by atoms with Gasteiger partial charge in [0.25, 0.3) is 11.8 Å². The Labute approximate surface area is 211 Å². The summed E-state index contributed by atoms with van der Waals surface area (Å²) >= 11 is 0. The second-order valence-corrected chi connectivity index (χ2v) is 9.23. The fourth-order valence-corrected chi connectivity index (χ4v) is 4.16. The minimum absolute atomic E-state index is 0.147. The Morgan fingerprint density at radius 1 is 1.16 bits per heavy atom. The van der Waals surface area contributed by atoms with Gasteiger partial charge in [-0.05, 0) is 48.4 Å². The molecule has 1 aliphatic rings. The Morgan fingerprint density at radius 3 is 2.78 bits per heavy atom. The van der Waals surface area contributed by atoms with Crippen molar-refractivity contribution in [1.82, 2.24) is 25.3 Å². The summed E-state index contributed by atoms with van der Waals surface area (Å²) in [6, 6.07) is 12.7. The van der Waals surface area contributed by atoms with Crippen molar-refractivity contribution in [2.24, 2.45) is 0 Å². The van der Waals surface area contributed by atoms with Crippen LogP contribution >= 0.6 is 0 Å². The number of nitrogens with one attached hydrogen (secondary N) is 1. The van der Waals surface area contributed by atoms with Gasteiger partial charge in [-0.25, -0.2) is 9.97 Å². The van der Waals surface area contributed by atoms with E-state index < -0.39 is 17.0 Å². The maximum absolute atomic E-state index is 13.7. The first-order valence-electron chi connectivity index (χ1n) is 11.5. The summed E-state index contributed by atoms with van der Waals surface area (Å²) in [7, 11) is 0. The summed E-state index contributed by atoms with van der Waals surface area (Å²) in [5.41, 5.74) is 2.64. The first kappa shape index (κ1) is 24.3. The van der Waals surface area contributed by atoms with Crippen LogP contribution in [-0.4, -0.2) is 32.4 Å². The van der Waals surface area contributed by atoms with Crippen LogP contribution in [-0.2, 0) is 29.2 Å². The van der Waals surface area contributed by atoms with E-state index in [4.69, 9.17) is 4.74 Å². The highest BCUT2D eigenvalue weighted by atomic mass is 19.3. The van der Waals surface area contributed by atoms with Gasteiger partial charge in [0.2, 0.25) is 0 Å². The van der Waals surface area contributed by atoms with Gasteiger partial charge in [0, 0.05) is 24.1 Å². The van der Waals surface area contributed by atoms with E-state index in [9.17, 15) is 18.8 Å². The molecule has 0 spiro atoms. The number of nitrogens with zero attached hydrogens (tertiary/aromatic N) is 5. The molecule has 0 bridgehead atoms. The van der Waals surface area contributed by atoms with Crippen molar-refractivity contribution in [2.75, 3.05) is 6.61 Å². The van der Waals surface area contributed by atoms with E-state index in [1.807, 2.05) is 6.07 Å². The van der Waals surface area contributed by atoms with Crippen LogP contribution in [0.5, 0.6) is 0 Å². The van der Waals surface area contributed by atoms with E-state index in [2.05, 4.69) is 31.3 Å². The summed E-state index contributed by atoms with van der Waals surface area (Å²) in [5.74, 6) is -3.42. The summed E-state index contributed by atoms with van der Waals surface area (Å²) in [6.07, 6.45) is 4.05. The Balaban J connectivity index is 1.35.